The summed E-state index contributed by atoms with van der Waals surface area (Å²) in [7, 11) is 1.57. The molecule has 0 spiro atoms. The normalized spacial score (nSPS) is 10.2. The molecule has 1 amide bonds. The van der Waals surface area contributed by atoms with Gasteiger partial charge in [0.05, 0.1) is 20.0 Å². The number of amides is 1. The van der Waals surface area contributed by atoms with Gasteiger partial charge < -0.3 is 10.5 Å². The van der Waals surface area contributed by atoms with Crippen LogP contribution < -0.4 is 16.0 Å². The van der Waals surface area contributed by atoms with Gasteiger partial charge in [-0.15, -0.1) is 0 Å². The lowest BCUT2D eigenvalue weighted by Crippen LogP contribution is -2.24. The molecule has 0 saturated carbocycles. The smallest absolute Gasteiger partial charge is 0.267 e. The molecule has 0 aliphatic carbocycles. The molecule has 0 unspecified atom stereocenters. The van der Waals surface area contributed by atoms with Gasteiger partial charge in [-0.3, -0.25) is 14.2 Å². The first kappa shape index (κ1) is 12.8. The number of rotatable bonds is 4. The van der Waals surface area contributed by atoms with Crippen LogP contribution in [0.1, 0.15) is 16.1 Å². The summed E-state index contributed by atoms with van der Waals surface area (Å²) in [5, 5.41) is 0. The average molecular weight is 259 g/mol. The van der Waals surface area contributed by atoms with E-state index in [1.165, 1.54) is 10.9 Å². The lowest BCUT2D eigenvalue weighted by molar-refractivity contribution is 0.0995. The van der Waals surface area contributed by atoms with Crippen LogP contribution in [0.5, 0.6) is 5.75 Å². The minimum absolute atomic E-state index is 0.0405. The van der Waals surface area contributed by atoms with Crippen molar-refractivity contribution in [2.45, 2.75) is 6.54 Å². The summed E-state index contributed by atoms with van der Waals surface area (Å²) < 4.78 is 6.59. The van der Waals surface area contributed by atoms with Crippen LogP contribution in [0, 0.1) is 0 Å². The molecule has 2 rings (SSSR count). The highest BCUT2D eigenvalue weighted by atomic mass is 16.5. The number of para-hydroxylation sites is 1. The van der Waals surface area contributed by atoms with E-state index in [1.54, 1.807) is 7.11 Å². The monoisotopic (exact) mass is 259 g/mol. The molecule has 1 aromatic heterocycles. The van der Waals surface area contributed by atoms with Crippen LogP contribution in [0.4, 0.5) is 0 Å². The molecule has 0 aliphatic rings. The van der Waals surface area contributed by atoms with Crippen molar-refractivity contribution >= 4 is 5.91 Å². The molecule has 0 radical (unpaired) electrons. The van der Waals surface area contributed by atoms with E-state index in [2.05, 4.69) is 4.98 Å². The number of ether oxygens (including phenoxy) is 1. The Morgan fingerprint density at radius 3 is 2.79 bits per heavy atom. The second-order valence-corrected chi connectivity index (χ2v) is 3.92. The number of aromatic nitrogens is 2. The Kier molecular flexibility index (Phi) is 3.61. The van der Waals surface area contributed by atoms with Crippen molar-refractivity contribution in [3.63, 3.8) is 0 Å². The van der Waals surface area contributed by atoms with Crippen LogP contribution >= 0.6 is 0 Å². The van der Waals surface area contributed by atoms with E-state index >= 15 is 0 Å². The van der Waals surface area contributed by atoms with Crippen LogP contribution in [-0.4, -0.2) is 22.6 Å². The molecule has 2 aromatic rings. The van der Waals surface area contributed by atoms with Gasteiger partial charge in [-0.05, 0) is 6.07 Å². The van der Waals surface area contributed by atoms with E-state index in [-0.39, 0.29) is 11.3 Å². The van der Waals surface area contributed by atoms with Gasteiger partial charge >= 0.3 is 0 Å². The van der Waals surface area contributed by atoms with E-state index in [1.807, 2.05) is 24.3 Å². The summed E-state index contributed by atoms with van der Waals surface area (Å²) in [5.74, 6) is -0.0325. The van der Waals surface area contributed by atoms with Crippen molar-refractivity contribution < 1.29 is 9.53 Å². The molecular weight excluding hydrogens is 246 g/mol. The van der Waals surface area contributed by atoms with E-state index in [0.717, 1.165) is 11.6 Å². The SMILES string of the molecule is COc1ccccc1Cn1cnc(C(N)=O)cc1=O. The maximum absolute atomic E-state index is 11.8. The van der Waals surface area contributed by atoms with Crippen molar-refractivity contribution in [3.8, 4) is 5.75 Å². The Morgan fingerprint density at radius 2 is 2.16 bits per heavy atom. The van der Waals surface area contributed by atoms with Crippen LogP contribution in [0.2, 0.25) is 0 Å². The largest absolute Gasteiger partial charge is 0.496 e. The van der Waals surface area contributed by atoms with Gasteiger partial charge in [-0.1, -0.05) is 18.2 Å². The number of benzene rings is 1. The third-order valence-corrected chi connectivity index (χ3v) is 2.67. The predicted octanol–water partition coefficient (Wildman–Crippen LogP) is 0.399. The van der Waals surface area contributed by atoms with Crippen molar-refractivity contribution in [2.75, 3.05) is 7.11 Å². The zero-order valence-corrected chi connectivity index (χ0v) is 10.4. The van der Waals surface area contributed by atoms with E-state index in [9.17, 15) is 9.59 Å². The fraction of sp³-hybridized carbons (Fsp3) is 0.154. The van der Waals surface area contributed by atoms with Crippen molar-refractivity contribution in [1.82, 2.24) is 9.55 Å². The second kappa shape index (κ2) is 5.34. The van der Waals surface area contributed by atoms with Crippen molar-refractivity contribution in [1.29, 1.82) is 0 Å². The Bertz CT molecular complexity index is 664. The van der Waals surface area contributed by atoms with Crippen LogP contribution in [0.25, 0.3) is 0 Å². The van der Waals surface area contributed by atoms with Gasteiger partial charge in [0.25, 0.3) is 11.5 Å². The minimum Gasteiger partial charge on any atom is -0.496 e. The first-order chi connectivity index (χ1) is 9.11. The summed E-state index contributed by atoms with van der Waals surface area (Å²) in [5.41, 5.74) is 5.53. The second-order valence-electron chi connectivity index (χ2n) is 3.92. The summed E-state index contributed by atoms with van der Waals surface area (Å²) >= 11 is 0. The van der Waals surface area contributed by atoms with Crippen LogP contribution in [0.3, 0.4) is 0 Å². The summed E-state index contributed by atoms with van der Waals surface area (Å²) in [6, 6.07) is 8.49. The number of hydrogen-bond acceptors (Lipinski definition) is 4. The standard InChI is InChI=1S/C13H13N3O3/c1-19-11-5-3-2-4-9(11)7-16-8-15-10(13(14)18)6-12(16)17/h2-6,8H,7H2,1H3,(H2,14,18). The predicted molar refractivity (Wildman–Crippen MR) is 69.1 cm³/mol. The van der Waals surface area contributed by atoms with Gasteiger partial charge in [-0.2, -0.15) is 0 Å². The number of hydrogen-bond donors (Lipinski definition) is 1. The van der Waals surface area contributed by atoms with Crippen LogP contribution in [0.15, 0.2) is 41.5 Å². The molecule has 6 heteroatoms. The maximum Gasteiger partial charge on any atom is 0.267 e. The highest BCUT2D eigenvalue weighted by Crippen LogP contribution is 2.17. The van der Waals surface area contributed by atoms with Crippen LogP contribution in [-0.2, 0) is 6.54 Å². The van der Waals surface area contributed by atoms with Crippen molar-refractivity contribution in [3.05, 3.63) is 58.3 Å². The third kappa shape index (κ3) is 2.79. The molecule has 1 heterocycles. The molecule has 6 nitrogen and oxygen atoms in total. The van der Waals surface area contributed by atoms with E-state index in [0.29, 0.717) is 12.3 Å². The number of primary amides is 1. The average Bonchev–Trinajstić information content (AvgIpc) is 2.41. The van der Waals surface area contributed by atoms with E-state index < -0.39 is 5.91 Å². The minimum atomic E-state index is -0.721. The molecule has 0 atom stereocenters. The summed E-state index contributed by atoms with van der Waals surface area (Å²) in [6.07, 6.45) is 1.30. The van der Waals surface area contributed by atoms with Gasteiger partial charge in [0.1, 0.15) is 11.4 Å². The molecular formula is C13H13N3O3. The Hall–Kier alpha value is -2.63. The molecule has 19 heavy (non-hydrogen) atoms. The zero-order chi connectivity index (χ0) is 13.8. The highest BCUT2D eigenvalue weighted by Gasteiger charge is 2.07. The molecule has 0 fully saturated rings. The van der Waals surface area contributed by atoms with Gasteiger partial charge in [-0.25, -0.2) is 4.98 Å². The summed E-state index contributed by atoms with van der Waals surface area (Å²) in [4.78, 5) is 26.6. The lowest BCUT2D eigenvalue weighted by atomic mass is 10.2. The van der Waals surface area contributed by atoms with Crippen molar-refractivity contribution in [2.24, 2.45) is 5.73 Å². The topological polar surface area (TPSA) is 87.2 Å². The molecule has 0 bridgehead atoms. The first-order valence-corrected chi connectivity index (χ1v) is 5.60. The maximum atomic E-state index is 11.8. The number of carbonyl (C=O) groups excluding carboxylic acids is 1. The lowest BCUT2D eigenvalue weighted by Gasteiger charge is -2.09. The highest BCUT2D eigenvalue weighted by molar-refractivity contribution is 5.90. The number of nitrogens with zero attached hydrogens (tertiary/aromatic N) is 2. The van der Waals surface area contributed by atoms with Gasteiger partial charge in [0.15, 0.2) is 0 Å². The quantitative estimate of drug-likeness (QED) is 0.860. The zero-order valence-electron chi connectivity index (χ0n) is 10.4. The number of methoxy groups -OCH3 is 1. The molecule has 1 aromatic carbocycles. The Labute approximate surface area is 109 Å². The Morgan fingerprint density at radius 1 is 1.42 bits per heavy atom. The molecule has 0 saturated heterocycles. The van der Waals surface area contributed by atoms with E-state index in [4.69, 9.17) is 10.5 Å². The molecule has 98 valence electrons. The fourth-order valence-corrected chi connectivity index (χ4v) is 1.70. The van der Waals surface area contributed by atoms with Gasteiger partial charge in [0, 0.05) is 11.6 Å². The fourth-order valence-electron chi connectivity index (χ4n) is 1.70. The third-order valence-electron chi connectivity index (χ3n) is 2.67. The first-order valence-electron chi connectivity index (χ1n) is 5.60. The Balaban J connectivity index is 2.34. The molecule has 2 N–H and O–H groups in total. The van der Waals surface area contributed by atoms with Gasteiger partial charge in [0.2, 0.25) is 0 Å². The number of nitrogens with two attached hydrogens (primary N) is 1. The summed E-state index contributed by atoms with van der Waals surface area (Å²) in [6.45, 7) is 0.314. The number of carbonyl (C=O) groups is 1. The molecule has 0 aliphatic heterocycles.